The summed E-state index contributed by atoms with van der Waals surface area (Å²) in [4.78, 5) is 23.7. The fourth-order valence-corrected chi connectivity index (χ4v) is 2.83. The van der Waals surface area contributed by atoms with Gasteiger partial charge in [-0.3, -0.25) is 9.59 Å². The average Bonchev–Trinajstić information content (AvgIpc) is 2.62. The first kappa shape index (κ1) is 21.6. The second-order valence-corrected chi connectivity index (χ2v) is 7.13. The maximum absolute atomic E-state index is 12.3. The zero-order valence-electron chi connectivity index (χ0n) is 16.7. The van der Waals surface area contributed by atoms with Crippen molar-refractivity contribution in [2.24, 2.45) is 0 Å². The maximum atomic E-state index is 12.3. The number of methoxy groups -OCH3 is 1. The number of aryl methyl sites for hydroxylation is 1. The van der Waals surface area contributed by atoms with Gasteiger partial charge in [-0.1, -0.05) is 25.4 Å². The van der Waals surface area contributed by atoms with Crippen molar-refractivity contribution in [3.05, 3.63) is 46.5 Å². The van der Waals surface area contributed by atoms with Crippen LogP contribution in [0.25, 0.3) is 0 Å². The second-order valence-electron chi connectivity index (χ2n) is 6.73. The van der Waals surface area contributed by atoms with Crippen molar-refractivity contribution >= 4 is 34.8 Å². The van der Waals surface area contributed by atoms with Crippen LogP contribution in [0.3, 0.4) is 0 Å². The summed E-state index contributed by atoms with van der Waals surface area (Å²) in [5, 5.41) is 6.09. The van der Waals surface area contributed by atoms with E-state index in [0.717, 1.165) is 11.1 Å². The van der Waals surface area contributed by atoms with Crippen LogP contribution in [0, 0.1) is 6.92 Å². The number of anilines is 2. The van der Waals surface area contributed by atoms with E-state index in [-0.39, 0.29) is 24.3 Å². The van der Waals surface area contributed by atoms with Gasteiger partial charge in [0.2, 0.25) is 5.91 Å². The third-order valence-corrected chi connectivity index (χ3v) is 4.47. The van der Waals surface area contributed by atoms with Crippen molar-refractivity contribution in [1.82, 2.24) is 0 Å². The van der Waals surface area contributed by atoms with Crippen LogP contribution in [-0.4, -0.2) is 25.5 Å². The second kappa shape index (κ2) is 9.46. The smallest absolute Gasteiger partial charge is 0.262 e. The molecule has 2 amide bonds. The number of rotatable bonds is 7. The number of halogens is 1. The van der Waals surface area contributed by atoms with Crippen molar-refractivity contribution in [1.29, 1.82) is 0 Å². The molecule has 2 N–H and O–H groups in total. The van der Waals surface area contributed by atoms with Gasteiger partial charge in [-0.05, 0) is 54.3 Å². The number of amides is 2. The molecule has 0 unspecified atom stereocenters. The lowest BCUT2D eigenvalue weighted by atomic mass is 10.0. The summed E-state index contributed by atoms with van der Waals surface area (Å²) in [6, 6.07) is 8.70. The summed E-state index contributed by atoms with van der Waals surface area (Å²) in [6.45, 7) is 7.21. The van der Waals surface area contributed by atoms with E-state index in [4.69, 9.17) is 21.1 Å². The summed E-state index contributed by atoms with van der Waals surface area (Å²) in [5.41, 5.74) is 2.83. The van der Waals surface area contributed by atoms with Gasteiger partial charge in [-0.25, -0.2) is 0 Å². The highest BCUT2D eigenvalue weighted by atomic mass is 35.5. The predicted molar refractivity (Wildman–Crippen MR) is 112 cm³/mol. The minimum atomic E-state index is -0.318. The summed E-state index contributed by atoms with van der Waals surface area (Å²) in [5.74, 6) is 0.798. The fourth-order valence-electron chi connectivity index (χ4n) is 2.66. The van der Waals surface area contributed by atoms with Crippen LogP contribution in [-0.2, 0) is 9.59 Å². The van der Waals surface area contributed by atoms with Crippen LogP contribution in [0.1, 0.15) is 37.8 Å². The van der Waals surface area contributed by atoms with Crippen molar-refractivity contribution in [2.45, 2.75) is 33.6 Å². The van der Waals surface area contributed by atoms with E-state index in [9.17, 15) is 9.59 Å². The number of carbonyl (C=O) groups excluding carboxylic acids is 2. The van der Waals surface area contributed by atoms with Crippen LogP contribution in [0.2, 0.25) is 5.02 Å². The molecule has 0 radical (unpaired) electrons. The van der Waals surface area contributed by atoms with E-state index >= 15 is 0 Å². The van der Waals surface area contributed by atoms with E-state index in [1.54, 1.807) is 18.2 Å². The Morgan fingerprint density at radius 2 is 1.82 bits per heavy atom. The molecule has 0 aliphatic rings. The van der Waals surface area contributed by atoms with E-state index in [0.29, 0.717) is 27.9 Å². The largest absolute Gasteiger partial charge is 0.495 e. The van der Waals surface area contributed by atoms with Crippen LogP contribution in [0.5, 0.6) is 11.5 Å². The topological polar surface area (TPSA) is 76.7 Å². The summed E-state index contributed by atoms with van der Waals surface area (Å²) in [7, 11) is 1.51. The molecular weight excluding hydrogens is 380 g/mol. The highest BCUT2D eigenvalue weighted by Gasteiger charge is 2.13. The lowest BCUT2D eigenvalue weighted by molar-refractivity contribution is -0.118. The number of nitrogens with one attached hydrogen (secondary N) is 2. The standard InChI is InChI=1S/C21H25ClN2O4/c1-12(2)16-10-17(22)13(3)8-20(16)28-11-21(26)24-15-6-7-19(27-5)18(9-15)23-14(4)25/h6-10,12H,11H2,1-5H3,(H,23,25)(H,24,26). The van der Waals surface area contributed by atoms with Gasteiger partial charge in [-0.15, -0.1) is 0 Å². The molecule has 2 rings (SSSR count). The highest BCUT2D eigenvalue weighted by Crippen LogP contribution is 2.32. The zero-order chi connectivity index (χ0) is 20.8. The molecule has 0 spiro atoms. The van der Waals surface area contributed by atoms with Crippen molar-refractivity contribution in [3.63, 3.8) is 0 Å². The van der Waals surface area contributed by atoms with Gasteiger partial charge in [0.25, 0.3) is 5.91 Å². The SMILES string of the molecule is COc1ccc(NC(=O)COc2cc(C)c(Cl)cc2C(C)C)cc1NC(C)=O. The van der Waals surface area contributed by atoms with E-state index < -0.39 is 0 Å². The third kappa shape index (κ3) is 5.63. The zero-order valence-corrected chi connectivity index (χ0v) is 17.4. The molecule has 0 saturated heterocycles. The van der Waals surface area contributed by atoms with Gasteiger partial charge in [0, 0.05) is 17.6 Å². The van der Waals surface area contributed by atoms with Crippen molar-refractivity contribution < 1.29 is 19.1 Å². The van der Waals surface area contributed by atoms with Gasteiger partial charge < -0.3 is 20.1 Å². The summed E-state index contributed by atoms with van der Waals surface area (Å²) < 4.78 is 10.9. The number of carbonyl (C=O) groups is 2. The lowest BCUT2D eigenvalue weighted by Gasteiger charge is -2.16. The number of ether oxygens (including phenoxy) is 2. The van der Waals surface area contributed by atoms with Crippen molar-refractivity contribution in [3.8, 4) is 11.5 Å². The summed E-state index contributed by atoms with van der Waals surface area (Å²) >= 11 is 6.20. The molecule has 0 atom stereocenters. The molecule has 28 heavy (non-hydrogen) atoms. The normalized spacial score (nSPS) is 10.5. The Bertz CT molecular complexity index is 881. The Kier molecular flexibility index (Phi) is 7.29. The number of hydrogen-bond donors (Lipinski definition) is 2. The van der Waals surface area contributed by atoms with Gasteiger partial charge in [0.1, 0.15) is 11.5 Å². The molecule has 0 aromatic heterocycles. The quantitative estimate of drug-likeness (QED) is 0.697. The Morgan fingerprint density at radius 1 is 1.11 bits per heavy atom. The van der Waals surface area contributed by atoms with E-state index in [2.05, 4.69) is 10.6 Å². The average molecular weight is 405 g/mol. The highest BCUT2D eigenvalue weighted by molar-refractivity contribution is 6.31. The fraction of sp³-hybridized carbons (Fsp3) is 0.333. The molecule has 0 bridgehead atoms. The van der Waals surface area contributed by atoms with Crippen LogP contribution < -0.4 is 20.1 Å². The first-order chi connectivity index (χ1) is 13.2. The first-order valence-corrected chi connectivity index (χ1v) is 9.27. The predicted octanol–water partition coefficient (Wildman–Crippen LogP) is 4.76. The summed E-state index contributed by atoms with van der Waals surface area (Å²) in [6.07, 6.45) is 0. The van der Waals surface area contributed by atoms with Crippen LogP contribution >= 0.6 is 11.6 Å². The monoisotopic (exact) mass is 404 g/mol. The van der Waals surface area contributed by atoms with Crippen molar-refractivity contribution in [2.75, 3.05) is 24.4 Å². The van der Waals surface area contributed by atoms with Crippen LogP contribution in [0.15, 0.2) is 30.3 Å². The lowest BCUT2D eigenvalue weighted by Crippen LogP contribution is -2.21. The number of hydrogen-bond acceptors (Lipinski definition) is 4. The molecule has 2 aromatic rings. The van der Waals surface area contributed by atoms with Gasteiger partial charge in [-0.2, -0.15) is 0 Å². The molecule has 6 nitrogen and oxygen atoms in total. The molecule has 0 aliphatic carbocycles. The van der Waals surface area contributed by atoms with Gasteiger partial charge in [0.05, 0.1) is 12.8 Å². The molecule has 7 heteroatoms. The Hall–Kier alpha value is -2.73. The molecule has 0 heterocycles. The molecule has 2 aromatic carbocycles. The van der Waals surface area contributed by atoms with E-state index in [1.165, 1.54) is 14.0 Å². The molecule has 0 aliphatic heterocycles. The first-order valence-electron chi connectivity index (χ1n) is 8.89. The van der Waals surface area contributed by atoms with E-state index in [1.807, 2.05) is 32.9 Å². The van der Waals surface area contributed by atoms with Crippen LogP contribution in [0.4, 0.5) is 11.4 Å². The minimum Gasteiger partial charge on any atom is -0.495 e. The Balaban J connectivity index is 2.09. The third-order valence-electron chi connectivity index (χ3n) is 4.07. The minimum absolute atomic E-state index is 0.151. The molecule has 150 valence electrons. The Morgan fingerprint density at radius 3 is 2.43 bits per heavy atom. The molecule has 0 fully saturated rings. The molecular formula is C21H25ClN2O4. The number of benzene rings is 2. The maximum Gasteiger partial charge on any atom is 0.262 e. The molecule has 0 saturated carbocycles. The van der Waals surface area contributed by atoms with Gasteiger partial charge in [0.15, 0.2) is 6.61 Å². The van der Waals surface area contributed by atoms with Gasteiger partial charge >= 0.3 is 0 Å². The Labute approximate surface area is 170 Å².